The van der Waals surface area contributed by atoms with Crippen LogP contribution in [-0.4, -0.2) is 36.9 Å². The van der Waals surface area contributed by atoms with E-state index in [4.69, 9.17) is 5.73 Å². The number of benzene rings is 1. The molecule has 2 N–H and O–H groups in total. The van der Waals surface area contributed by atoms with Gasteiger partial charge in [-0.1, -0.05) is 25.1 Å². The largest absolute Gasteiger partial charge is 0.398 e. The summed E-state index contributed by atoms with van der Waals surface area (Å²) in [6, 6.07) is 7.75. The van der Waals surface area contributed by atoms with Crippen molar-refractivity contribution in [2.24, 2.45) is 0 Å². The number of nitrogens with zero attached hydrogens (tertiary/aromatic N) is 1. The summed E-state index contributed by atoms with van der Waals surface area (Å²) in [4.78, 5) is 2.16. The summed E-state index contributed by atoms with van der Waals surface area (Å²) in [6.07, 6.45) is 0.988. The first-order chi connectivity index (χ1) is 9.67. The zero-order chi connectivity index (χ0) is 16.1. The third-order valence-corrected chi connectivity index (χ3v) is 6.18. The Morgan fingerprint density at radius 3 is 2.29 bits per heavy atom. The third kappa shape index (κ3) is 5.32. The first kappa shape index (κ1) is 18.0. The van der Waals surface area contributed by atoms with Gasteiger partial charge < -0.3 is 5.73 Å². The highest BCUT2D eigenvalue weighted by molar-refractivity contribution is 7.92. The molecule has 0 aliphatic rings. The number of nitrogen functional groups attached to an aromatic ring is 1. The van der Waals surface area contributed by atoms with Crippen LogP contribution in [0.2, 0.25) is 0 Å². The van der Waals surface area contributed by atoms with Crippen molar-refractivity contribution in [3.63, 3.8) is 0 Å². The highest BCUT2D eigenvalue weighted by atomic mass is 32.2. The summed E-state index contributed by atoms with van der Waals surface area (Å²) in [5, 5.41) is 0. The van der Waals surface area contributed by atoms with Crippen LogP contribution in [0.25, 0.3) is 0 Å². The maximum Gasteiger partial charge on any atom is 0.156 e. The second-order valence-corrected chi connectivity index (χ2v) is 9.27. The van der Waals surface area contributed by atoms with Gasteiger partial charge in [-0.3, -0.25) is 4.90 Å². The number of hydrogen-bond acceptors (Lipinski definition) is 4. The maximum absolute atomic E-state index is 12.2. The molecule has 1 aromatic rings. The molecule has 0 fully saturated rings. The summed E-state index contributed by atoms with van der Waals surface area (Å²) in [5.41, 5.74) is 7.79. The molecule has 120 valence electrons. The zero-order valence-corrected chi connectivity index (χ0v) is 14.4. The number of nitrogens with two attached hydrogens (primary N) is 1. The van der Waals surface area contributed by atoms with Crippen LogP contribution in [0.15, 0.2) is 24.3 Å². The molecule has 0 amide bonds. The van der Waals surface area contributed by atoms with Crippen molar-refractivity contribution < 1.29 is 8.42 Å². The van der Waals surface area contributed by atoms with E-state index in [9.17, 15) is 8.42 Å². The molecule has 0 saturated heterocycles. The Morgan fingerprint density at radius 2 is 1.76 bits per heavy atom. The Bertz CT molecular complexity index is 548. The van der Waals surface area contributed by atoms with E-state index in [1.165, 1.54) is 0 Å². The van der Waals surface area contributed by atoms with Crippen molar-refractivity contribution in [1.82, 2.24) is 4.90 Å². The SMILES string of the molecule is CCCN(CCS(=O)(=O)C(C)(C)C)Cc1ccccc1N. The Balaban J connectivity index is 2.74. The van der Waals surface area contributed by atoms with Crippen molar-refractivity contribution in [3.8, 4) is 0 Å². The fraction of sp³-hybridized carbons (Fsp3) is 0.625. The molecule has 0 atom stereocenters. The van der Waals surface area contributed by atoms with E-state index in [1.807, 2.05) is 24.3 Å². The van der Waals surface area contributed by atoms with Gasteiger partial charge in [0.15, 0.2) is 9.84 Å². The lowest BCUT2D eigenvalue weighted by atomic mass is 10.1. The molecule has 0 saturated carbocycles. The van der Waals surface area contributed by atoms with Gasteiger partial charge >= 0.3 is 0 Å². The molecule has 0 bridgehead atoms. The Morgan fingerprint density at radius 1 is 1.14 bits per heavy atom. The van der Waals surface area contributed by atoms with Crippen LogP contribution in [0.1, 0.15) is 39.7 Å². The molecule has 1 rings (SSSR count). The van der Waals surface area contributed by atoms with Gasteiger partial charge in [-0.25, -0.2) is 8.42 Å². The van der Waals surface area contributed by atoms with Gasteiger partial charge in [0.1, 0.15) is 0 Å². The summed E-state index contributed by atoms with van der Waals surface area (Å²) in [7, 11) is -3.09. The number of sulfone groups is 1. The molecular weight excluding hydrogens is 284 g/mol. The van der Waals surface area contributed by atoms with Crippen molar-refractivity contribution in [2.45, 2.75) is 45.4 Å². The molecular formula is C16H28N2O2S. The second kappa shape index (κ2) is 7.27. The third-order valence-electron chi connectivity index (χ3n) is 3.60. The van der Waals surface area contributed by atoms with Gasteiger partial charge in [-0.2, -0.15) is 0 Å². The minimum absolute atomic E-state index is 0.184. The Labute approximate surface area is 129 Å². The number of anilines is 1. The van der Waals surface area contributed by atoms with Crippen molar-refractivity contribution in [1.29, 1.82) is 0 Å². The van der Waals surface area contributed by atoms with Crippen molar-refractivity contribution in [3.05, 3.63) is 29.8 Å². The van der Waals surface area contributed by atoms with Gasteiger partial charge in [0, 0.05) is 18.8 Å². The van der Waals surface area contributed by atoms with Crippen LogP contribution in [0.3, 0.4) is 0 Å². The molecule has 0 heterocycles. The number of rotatable bonds is 7. The zero-order valence-electron chi connectivity index (χ0n) is 13.6. The van der Waals surface area contributed by atoms with Gasteiger partial charge in [-0.05, 0) is 45.4 Å². The monoisotopic (exact) mass is 312 g/mol. The highest BCUT2D eigenvalue weighted by Gasteiger charge is 2.29. The summed E-state index contributed by atoms with van der Waals surface area (Å²) >= 11 is 0. The molecule has 5 heteroatoms. The summed E-state index contributed by atoms with van der Waals surface area (Å²) in [5.74, 6) is 0.184. The van der Waals surface area contributed by atoms with E-state index >= 15 is 0 Å². The number of para-hydroxylation sites is 1. The van der Waals surface area contributed by atoms with Crippen molar-refractivity contribution in [2.75, 3.05) is 24.6 Å². The molecule has 4 nitrogen and oxygen atoms in total. The van der Waals surface area contributed by atoms with E-state index in [2.05, 4.69) is 11.8 Å². The van der Waals surface area contributed by atoms with Crippen LogP contribution >= 0.6 is 0 Å². The lowest BCUT2D eigenvalue weighted by Gasteiger charge is -2.25. The maximum atomic E-state index is 12.2. The average Bonchev–Trinajstić information content (AvgIpc) is 2.37. The molecule has 0 aromatic heterocycles. The normalized spacial score (nSPS) is 12.8. The molecule has 0 spiro atoms. The van der Waals surface area contributed by atoms with E-state index < -0.39 is 14.6 Å². The molecule has 1 aromatic carbocycles. The quantitative estimate of drug-likeness (QED) is 0.786. The highest BCUT2D eigenvalue weighted by Crippen LogP contribution is 2.18. The predicted octanol–water partition coefficient (Wildman–Crippen LogP) is 2.69. The second-order valence-electron chi connectivity index (χ2n) is 6.41. The minimum atomic E-state index is -3.09. The van der Waals surface area contributed by atoms with Crippen LogP contribution in [0, 0.1) is 0 Å². The fourth-order valence-electron chi connectivity index (χ4n) is 2.06. The Kier molecular flexibility index (Phi) is 6.23. The molecule has 0 aliphatic heterocycles. The first-order valence-electron chi connectivity index (χ1n) is 7.45. The fourth-order valence-corrected chi connectivity index (χ4v) is 3.17. The standard InChI is InChI=1S/C16H28N2O2S/c1-5-10-18(11-12-21(19,20)16(2,3)4)13-14-8-6-7-9-15(14)17/h6-9H,5,10-13,17H2,1-4H3. The molecule has 0 aliphatic carbocycles. The lowest BCUT2D eigenvalue weighted by Crippen LogP contribution is -2.36. The topological polar surface area (TPSA) is 63.4 Å². The van der Waals surface area contributed by atoms with E-state index in [1.54, 1.807) is 20.8 Å². The van der Waals surface area contributed by atoms with E-state index in [0.717, 1.165) is 24.2 Å². The summed E-state index contributed by atoms with van der Waals surface area (Å²) < 4.78 is 23.8. The van der Waals surface area contributed by atoms with E-state index in [0.29, 0.717) is 13.1 Å². The van der Waals surface area contributed by atoms with Crippen LogP contribution < -0.4 is 5.73 Å². The van der Waals surface area contributed by atoms with Crippen LogP contribution in [-0.2, 0) is 16.4 Å². The molecule has 0 unspecified atom stereocenters. The average molecular weight is 312 g/mol. The van der Waals surface area contributed by atoms with E-state index in [-0.39, 0.29) is 5.75 Å². The van der Waals surface area contributed by atoms with Gasteiger partial charge in [0.05, 0.1) is 10.5 Å². The molecule has 21 heavy (non-hydrogen) atoms. The smallest absolute Gasteiger partial charge is 0.156 e. The van der Waals surface area contributed by atoms with Gasteiger partial charge in [0.25, 0.3) is 0 Å². The number of hydrogen-bond donors (Lipinski definition) is 1. The Hall–Kier alpha value is -1.07. The van der Waals surface area contributed by atoms with Gasteiger partial charge in [0.2, 0.25) is 0 Å². The lowest BCUT2D eigenvalue weighted by molar-refractivity contribution is 0.281. The first-order valence-corrected chi connectivity index (χ1v) is 9.10. The minimum Gasteiger partial charge on any atom is -0.398 e. The van der Waals surface area contributed by atoms with Crippen LogP contribution in [0.5, 0.6) is 0 Å². The van der Waals surface area contributed by atoms with Gasteiger partial charge in [-0.15, -0.1) is 0 Å². The molecule has 0 radical (unpaired) electrons. The predicted molar refractivity (Wildman–Crippen MR) is 90.0 cm³/mol. The summed E-state index contributed by atoms with van der Waals surface area (Å²) in [6.45, 7) is 9.46. The van der Waals surface area contributed by atoms with Crippen LogP contribution in [0.4, 0.5) is 5.69 Å². The van der Waals surface area contributed by atoms with Crippen molar-refractivity contribution >= 4 is 15.5 Å².